The molecule has 0 atom stereocenters. The van der Waals surface area contributed by atoms with Crippen LogP contribution in [0.2, 0.25) is 0 Å². The minimum Gasteiger partial charge on any atom is -0.264 e. The molecule has 0 saturated carbocycles. The van der Waals surface area contributed by atoms with Crippen molar-refractivity contribution >= 4 is 0 Å². The van der Waals surface area contributed by atoms with Gasteiger partial charge in [0.15, 0.2) is 11.6 Å². The van der Waals surface area contributed by atoms with Gasteiger partial charge in [0, 0.05) is 41.3 Å². The molecule has 0 amide bonds. The maximum absolute atomic E-state index is 4.62. The topological polar surface area (TPSA) is 64.5 Å². The Morgan fingerprint density at radius 1 is 0.727 bits per heavy atom. The lowest BCUT2D eigenvalue weighted by Gasteiger charge is -2.18. The van der Waals surface area contributed by atoms with E-state index < -0.39 is 0 Å². The molecule has 0 bridgehead atoms. The Morgan fingerprint density at radius 3 is 1.59 bits per heavy atom. The fourth-order valence-electron chi connectivity index (χ4n) is 1.96. The van der Waals surface area contributed by atoms with Crippen LogP contribution in [-0.2, 0) is 5.41 Å². The van der Waals surface area contributed by atoms with Crippen LogP contribution in [0, 0.1) is 0 Å². The summed E-state index contributed by atoms with van der Waals surface area (Å²) in [6.45, 7) is 6.26. The first-order valence-electron chi connectivity index (χ1n) is 7.11. The second-order valence-electron chi connectivity index (χ2n) is 6.04. The third-order valence-electron chi connectivity index (χ3n) is 3.15. The van der Waals surface area contributed by atoms with Crippen LogP contribution in [0.1, 0.15) is 26.6 Å². The van der Waals surface area contributed by atoms with Crippen LogP contribution in [0.5, 0.6) is 0 Å². The van der Waals surface area contributed by atoms with E-state index in [1.54, 1.807) is 24.8 Å². The predicted molar refractivity (Wildman–Crippen MR) is 85.0 cm³/mol. The normalized spacial score (nSPS) is 11.4. The van der Waals surface area contributed by atoms with Crippen LogP contribution >= 0.6 is 0 Å². The summed E-state index contributed by atoms with van der Waals surface area (Å²) in [4.78, 5) is 22.1. The number of rotatable bonds is 2. The van der Waals surface area contributed by atoms with Gasteiger partial charge in [0.25, 0.3) is 0 Å². The smallest absolute Gasteiger partial charge is 0.165 e. The van der Waals surface area contributed by atoms with Gasteiger partial charge in [-0.3, -0.25) is 9.97 Å². The molecule has 0 unspecified atom stereocenters. The molecule has 0 spiro atoms. The van der Waals surface area contributed by atoms with E-state index in [9.17, 15) is 0 Å². The summed E-state index contributed by atoms with van der Waals surface area (Å²) in [6.07, 6.45) is 6.98. The van der Waals surface area contributed by atoms with Crippen LogP contribution in [0.15, 0.2) is 49.1 Å². The molecule has 0 aliphatic carbocycles. The Bertz CT molecular complexity index is 706. The van der Waals surface area contributed by atoms with E-state index in [2.05, 4.69) is 45.7 Å². The van der Waals surface area contributed by atoms with Crippen LogP contribution in [0.25, 0.3) is 22.8 Å². The standard InChI is InChI=1S/C17H17N5/c1-17(2,3)16-21-14(12-6-4-8-18-10-12)20-15(22-16)13-7-5-9-19-11-13/h4-11H,1-3H3. The van der Waals surface area contributed by atoms with Crippen molar-refractivity contribution < 1.29 is 0 Å². The van der Waals surface area contributed by atoms with Gasteiger partial charge in [0.1, 0.15) is 5.82 Å². The van der Waals surface area contributed by atoms with Gasteiger partial charge in [-0.1, -0.05) is 20.8 Å². The summed E-state index contributed by atoms with van der Waals surface area (Å²) < 4.78 is 0. The monoisotopic (exact) mass is 291 g/mol. The molecule has 0 aliphatic heterocycles. The fourth-order valence-corrected chi connectivity index (χ4v) is 1.96. The molecule has 0 radical (unpaired) electrons. The molecule has 5 heteroatoms. The Kier molecular flexibility index (Phi) is 3.63. The number of hydrogen-bond donors (Lipinski definition) is 0. The Labute approximate surface area is 129 Å². The van der Waals surface area contributed by atoms with Crippen LogP contribution in [0.4, 0.5) is 0 Å². The Hall–Kier alpha value is -2.69. The number of hydrogen-bond acceptors (Lipinski definition) is 5. The van der Waals surface area contributed by atoms with Gasteiger partial charge >= 0.3 is 0 Å². The zero-order valence-electron chi connectivity index (χ0n) is 12.9. The summed E-state index contributed by atoms with van der Waals surface area (Å²) in [7, 11) is 0. The van der Waals surface area contributed by atoms with E-state index in [1.165, 1.54) is 0 Å². The Morgan fingerprint density at radius 2 is 1.23 bits per heavy atom. The maximum Gasteiger partial charge on any atom is 0.165 e. The van der Waals surface area contributed by atoms with Gasteiger partial charge in [-0.25, -0.2) is 15.0 Å². The van der Waals surface area contributed by atoms with Crippen molar-refractivity contribution in [1.29, 1.82) is 0 Å². The van der Waals surface area contributed by atoms with E-state index >= 15 is 0 Å². The first-order chi connectivity index (χ1) is 10.5. The quantitative estimate of drug-likeness (QED) is 0.725. The molecule has 5 nitrogen and oxygen atoms in total. The summed E-state index contributed by atoms with van der Waals surface area (Å²) in [5.41, 5.74) is 1.58. The third-order valence-corrected chi connectivity index (χ3v) is 3.15. The van der Waals surface area contributed by atoms with Gasteiger partial charge in [0.05, 0.1) is 0 Å². The molecular weight excluding hydrogens is 274 g/mol. The maximum atomic E-state index is 4.62. The zero-order chi connectivity index (χ0) is 15.6. The van der Waals surface area contributed by atoms with Crippen molar-refractivity contribution in [2.24, 2.45) is 0 Å². The average molecular weight is 291 g/mol. The highest BCUT2D eigenvalue weighted by atomic mass is 15.0. The SMILES string of the molecule is CC(C)(C)c1nc(-c2cccnc2)nc(-c2cccnc2)n1. The molecule has 0 aromatic carbocycles. The summed E-state index contributed by atoms with van der Waals surface area (Å²) >= 11 is 0. The average Bonchev–Trinajstić information content (AvgIpc) is 2.55. The van der Waals surface area contributed by atoms with Crippen LogP contribution in [0.3, 0.4) is 0 Å². The van der Waals surface area contributed by atoms with Gasteiger partial charge in [-0.15, -0.1) is 0 Å². The third kappa shape index (κ3) is 2.98. The van der Waals surface area contributed by atoms with Crippen molar-refractivity contribution in [3.8, 4) is 22.8 Å². The van der Waals surface area contributed by atoms with Gasteiger partial charge in [-0.2, -0.15) is 0 Å². The molecule has 110 valence electrons. The van der Waals surface area contributed by atoms with Crippen molar-refractivity contribution in [1.82, 2.24) is 24.9 Å². The van der Waals surface area contributed by atoms with Crippen LogP contribution < -0.4 is 0 Å². The van der Waals surface area contributed by atoms with Crippen molar-refractivity contribution in [3.63, 3.8) is 0 Å². The molecule has 3 aromatic rings. The van der Waals surface area contributed by atoms with E-state index in [0.717, 1.165) is 17.0 Å². The molecule has 0 saturated heterocycles. The lowest BCUT2D eigenvalue weighted by Crippen LogP contribution is -2.18. The van der Waals surface area contributed by atoms with E-state index in [1.807, 2.05) is 24.3 Å². The Balaban J connectivity index is 2.19. The molecule has 3 rings (SSSR count). The highest BCUT2D eigenvalue weighted by Crippen LogP contribution is 2.24. The van der Waals surface area contributed by atoms with Crippen molar-refractivity contribution in [2.45, 2.75) is 26.2 Å². The predicted octanol–water partition coefficient (Wildman–Crippen LogP) is 3.29. The first-order valence-corrected chi connectivity index (χ1v) is 7.11. The van der Waals surface area contributed by atoms with Gasteiger partial charge in [0.2, 0.25) is 0 Å². The first kappa shape index (κ1) is 14.3. The summed E-state index contributed by atoms with van der Waals surface area (Å²) in [5, 5.41) is 0. The van der Waals surface area contributed by atoms with Crippen molar-refractivity contribution in [2.75, 3.05) is 0 Å². The minimum absolute atomic E-state index is 0.170. The lowest BCUT2D eigenvalue weighted by molar-refractivity contribution is 0.543. The molecule has 0 aliphatic rings. The second kappa shape index (κ2) is 5.60. The molecule has 0 fully saturated rings. The van der Waals surface area contributed by atoms with Crippen LogP contribution in [-0.4, -0.2) is 24.9 Å². The van der Waals surface area contributed by atoms with E-state index in [0.29, 0.717) is 11.6 Å². The summed E-state index contributed by atoms with van der Waals surface area (Å²) in [5.74, 6) is 2.01. The van der Waals surface area contributed by atoms with E-state index in [-0.39, 0.29) is 5.41 Å². The highest BCUT2D eigenvalue weighted by molar-refractivity contribution is 5.59. The number of aromatic nitrogens is 5. The lowest BCUT2D eigenvalue weighted by atomic mass is 9.95. The number of pyridine rings is 2. The molecular formula is C17H17N5. The van der Waals surface area contributed by atoms with Gasteiger partial charge in [-0.05, 0) is 24.3 Å². The largest absolute Gasteiger partial charge is 0.264 e. The fraction of sp³-hybridized carbons (Fsp3) is 0.235. The molecule has 3 heterocycles. The minimum atomic E-state index is -0.170. The number of nitrogens with zero attached hydrogens (tertiary/aromatic N) is 5. The second-order valence-corrected chi connectivity index (χ2v) is 6.04. The molecule has 22 heavy (non-hydrogen) atoms. The summed E-state index contributed by atoms with van der Waals surface area (Å²) in [6, 6.07) is 7.64. The molecule has 3 aromatic heterocycles. The van der Waals surface area contributed by atoms with Gasteiger partial charge < -0.3 is 0 Å². The highest BCUT2D eigenvalue weighted by Gasteiger charge is 2.21. The zero-order valence-corrected chi connectivity index (χ0v) is 12.9. The molecule has 0 N–H and O–H groups in total. The van der Waals surface area contributed by atoms with Crippen molar-refractivity contribution in [3.05, 3.63) is 54.9 Å². The van der Waals surface area contributed by atoms with E-state index in [4.69, 9.17) is 0 Å².